The van der Waals surface area contributed by atoms with Crippen LogP contribution in [0.1, 0.15) is 83.0 Å². The van der Waals surface area contributed by atoms with Crippen molar-refractivity contribution < 1.29 is 43.1 Å². The van der Waals surface area contributed by atoms with Crippen LogP contribution in [0.3, 0.4) is 0 Å². The number of nitrogens with one attached hydrogen (secondary N) is 2. The van der Waals surface area contributed by atoms with Gasteiger partial charge in [-0.15, -0.1) is 0 Å². The molecule has 5 fully saturated rings. The molecule has 288 valence electrons. The number of aromatic amines is 1. The zero-order valence-corrected chi connectivity index (χ0v) is 31.9. The smallest absolute Gasteiger partial charge is 0.337 e. The number of methoxy groups -OCH3 is 1. The van der Waals surface area contributed by atoms with E-state index < -0.39 is 41.3 Å². The number of para-hydroxylation sites is 1. The number of hydrogen-bond donors (Lipinski definition) is 2. The first kappa shape index (κ1) is 36.7. The number of carbonyl (C=O) groups excluding carboxylic acids is 3. The molecule has 9 rings (SSSR count). The summed E-state index contributed by atoms with van der Waals surface area (Å²) < 4.78 is 25.6. The average Bonchev–Trinajstić information content (AvgIpc) is 3.42. The van der Waals surface area contributed by atoms with Crippen LogP contribution in [0.5, 0.6) is 0 Å². The number of nitrogens with zero attached hydrogens (tertiary/aromatic N) is 2. The lowest BCUT2D eigenvalue weighted by atomic mass is 9.61. The molecule has 4 aliphatic heterocycles. The maximum atomic E-state index is 13.1. The molecule has 13 heteroatoms. The highest BCUT2D eigenvalue weighted by molar-refractivity contribution is 6.10. The second-order valence-corrected chi connectivity index (χ2v) is 16.5. The largest absolute Gasteiger partial charge is 0.465 e. The number of pyridine rings is 1. The summed E-state index contributed by atoms with van der Waals surface area (Å²) in [5, 5.41) is 6.54. The van der Waals surface area contributed by atoms with Gasteiger partial charge in [0.25, 0.3) is 0 Å². The van der Waals surface area contributed by atoms with Gasteiger partial charge < -0.3 is 33.8 Å². The second-order valence-electron chi connectivity index (χ2n) is 16.5. The summed E-state index contributed by atoms with van der Waals surface area (Å²) in [5.74, 6) is -1.93. The Morgan fingerprint density at radius 2 is 1.89 bits per heavy atom. The Morgan fingerprint density at radius 1 is 1.07 bits per heavy atom. The van der Waals surface area contributed by atoms with Crippen LogP contribution in [-0.4, -0.2) is 71.6 Å². The molecule has 5 aliphatic rings. The summed E-state index contributed by atoms with van der Waals surface area (Å²) in [5.41, 5.74) is 2.07. The number of hydrogen-bond acceptors (Lipinski definition) is 10. The molecule has 1 amide bonds. The highest BCUT2D eigenvalue weighted by atomic mass is 17.3. The fourth-order valence-corrected chi connectivity index (χ4v) is 9.14. The van der Waals surface area contributed by atoms with Crippen molar-refractivity contribution >= 4 is 50.7 Å². The van der Waals surface area contributed by atoms with Crippen LogP contribution in [0.25, 0.3) is 32.8 Å². The highest BCUT2D eigenvalue weighted by Gasteiger charge is 2.68. The van der Waals surface area contributed by atoms with E-state index in [1.54, 1.807) is 6.07 Å². The van der Waals surface area contributed by atoms with Gasteiger partial charge in [0.2, 0.25) is 18.0 Å². The van der Waals surface area contributed by atoms with Crippen molar-refractivity contribution in [3.63, 3.8) is 0 Å². The molecule has 2 bridgehead atoms. The normalized spacial score (nSPS) is 29.6. The summed E-state index contributed by atoms with van der Waals surface area (Å²) in [6.45, 7) is 8.66. The minimum absolute atomic E-state index is 0.0242. The van der Waals surface area contributed by atoms with Gasteiger partial charge in [0.05, 0.1) is 35.4 Å². The predicted octanol–water partition coefficient (Wildman–Crippen LogP) is 5.93. The van der Waals surface area contributed by atoms with E-state index in [4.69, 9.17) is 33.7 Å². The van der Waals surface area contributed by atoms with Gasteiger partial charge in [-0.2, -0.15) is 0 Å². The van der Waals surface area contributed by atoms with Crippen LogP contribution >= 0.6 is 0 Å². The standard InChI is InChI=1S/C41H50N4O9/c1-23-28-12-9-10-25-18-19-40(4)52-38(41(25,28)54-53-40)51-37(23)50-32(47)17-16-31(46)42-21-39(2,3)22-43-34-27-20-24(36(48)49-6)14-15-30(27)45(5)35-33(34)26-11-7-8-13-29(26)44-35/h7-8,11,13-15,20,23,25,28,37-38,44H,9-10,12,16-19,21-22H2,1-6H3,(H,42,46)/t23-,25-,28+,37-,38-,40-,41-/m1/s1. The molecule has 1 spiro atoms. The van der Waals surface area contributed by atoms with Crippen molar-refractivity contribution in [1.82, 2.24) is 14.9 Å². The highest BCUT2D eigenvalue weighted by Crippen LogP contribution is 2.59. The van der Waals surface area contributed by atoms with Crippen molar-refractivity contribution in [2.75, 3.05) is 20.2 Å². The summed E-state index contributed by atoms with van der Waals surface area (Å²) in [4.78, 5) is 59.4. The molecule has 4 saturated heterocycles. The molecule has 1 aliphatic carbocycles. The maximum absolute atomic E-state index is 13.1. The molecule has 54 heavy (non-hydrogen) atoms. The summed E-state index contributed by atoms with van der Waals surface area (Å²) in [7, 11) is 3.35. The second kappa shape index (κ2) is 13.8. The maximum Gasteiger partial charge on any atom is 0.337 e. The molecular formula is C41H50N4O9. The molecule has 2 N–H and O–H groups in total. The van der Waals surface area contributed by atoms with Crippen molar-refractivity contribution in [1.29, 1.82) is 0 Å². The molecule has 4 aromatic rings. The van der Waals surface area contributed by atoms with Gasteiger partial charge in [-0.25, -0.2) is 14.6 Å². The van der Waals surface area contributed by atoms with Crippen LogP contribution in [0, 0.1) is 23.2 Å². The van der Waals surface area contributed by atoms with Gasteiger partial charge in [-0.05, 0) is 56.4 Å². The number of aryl methyl sites for hydroxylation is 1. The van der Waals surface area contributed by atoms with Crippen LogP contribution in [0.15, 0.2) is 47.5 Å². The average molecular weight is 743 g/mol. The van der Waals surface area contributed by atoms with Gasteiger partial charge in [-0.3, -0.25) is 14.6 Å². The fraction of sp³-hybridized carbons (Fsp3) is 0.561. The first-order valence-corrected chi connectivity index (χ1v) is 19.1. The van der Waals surface area contributed by atoms with Crippen LogP contribution in [-0.2, 0) is 45.4 Å². The van der Waals surface area contributed by atoms with Crippen molar-refractivity contribution in [3.05, 3.63) is 53.4 Å². The number of carbonyl (C=O) groups is 3. The van der Waals surface area contributed by atoms with Crippen LogP contribution in [0.4, 0.5) is 0 Å². The molecule has 0 radical (unpaired) electrons. The number of rotatable bonds is 9. The molecule has 13 nitrogen and oxygen atoms in total. The summed E-state index contributed by atoms with van der Waals surface area (Å²) in [6.07, 6.45) is 3.00. The van der Waals surface area contributed by atoms with Crippen molar-refractivity contribution in [2.45, 2.75) is 96.6 Å². The molecule has 7 atom stereocenters. The fourth-order valence-electron chi connectivity index (χ4n) is 9.14. The Kier molecular flexibility index (Phi) is 9.35. The molecule has 2 aromatic heterocycles. The monoisotopic (exact) mass is 742 g/mol. The molecule has 0 unspecified atom stereocenters. The predicted molar refractivity (Wildman–Crippen MR) is 198 cm³/mol. The van der Waals surface area contributed by atoms with Crippen molar-refractivity contribution in [2.24, 2.45) is 35.2 Å². The van der Waals surface area contributed by atoms with E-state index in [0.29, 0.717) is 25.1 Å². The first-order valence-electron chi connectivity index (χ1n) is 19.1. The Labute approximate surface area is 313 Å². The van der Waals surface area contributed by atoms with E-state index in [1.807, 2.05) is 65.1 Å². The van der Waals surface area contributed by atoms with Gasteiger partial charge in [0.15, 0.2) is 11.9 Å². The molecular weight excluding hydrogens is 692 g/mol. The van der Waals surface area contributed by atoms with E-state index in [9.17, 15) is 14.4 Å². The van der Waals surface area contributed by atoms with Crippen molar-refractivity contribution in [3.8, 4) is 0 Å². The minimum atomic E-state index is -0.907. The van der Waals surface area contributed by atoms with E-state index >= 15 is 0 Å². The van der Waals surface area contributed by atoms with Gasteiger partial charge >= 0.3 is 11.9 Å². The molecule has 6 heterocycles. The Bertz CT molecular complexity index is 2210. The van der Waals surface area contributed by atoms with E-state index in [1.165, 1.54) is 7.11 Å². The zero-order chi connectivity index (χ0) is 38.0. The quantitative estimate of drug-likeness (QED) is 0.157. The van der Waals surface area contributed by atoms with Gasteiger partial charge in [-0.1, -0.05) is 45.4 Å². The lowest BCUT2D eigenvalue weighted by Gasteiger charge is -2.58. The third kappa shape index (κ3) is 6.28. The number of benzene rings is 2. The zero-order valence-electron chi connectivity index (χ0n) is 31.9. The Hall–Kier alpha value is -4.30. The number of aromatic nitrogens is 2. The lowest BCUT2D eigenvalue weighted by Crippen LogP contribution is -2.69. The van der Waals surface area contributed by atoms with E-state index in [0.717, 1.165) is 63.9 Å². The van der Waals surface area contributed by atoms with Crippen LogP contribution in [0.2, 0.25) is 0 Å². The number of esters is 2. The topological polar surface area (TPSA) is 152 Å². The third-order valence-electron chi connectivity index (χ3n) is 12.2. The number of H-pyrrole nitrogens is 1. The summed E-state index contributed by atoms with van der Waals surface area (Å²) >= 11 is 0. The molecule has 2 aromatic carbocycles. The third-order valence-corrected chi connectivity index (χ3v) is 12.2. The van der Waals surface area contributed by atoms with Gasteiger partial charge in [0, 0.05) is 66.5 Å². The first-order chi connectivity index (χ1) is 25.8. The van der Waals surface area contributed by atoms with E-state index in [-0.39, 0.29) is 36.5 Å². The Morgan fingerprint density at radius 3 is 2.70 bits per heavy atom. The van der Waals surface area contributed by atoms with E-state index in [2.05, 4.69) is 20.9 Å². The SMILES string of the molecule is COC(=O)c1ccc2c(c1)c(=NCC(C)(C)CNC(=O)CCC(=O)O[C@@H]1O[C@@H]3O[C@@]4(C)CC[C@H]5CCC[C@@H]([C@H]1C)[C@]53OO4)c1c3ccccc3[nH]c1n2C. The Balaban J connectivity index is 0.936. The minimum Gasteiger partial charge on any atom is -0.465 e. The lowest BCUT2D eigenvalue weighted by molar-refractivity contribution is -0.575. The number of amides is 1. The van der Waals surface area contributed by atoms with Gasteiger partial charge in [0.1, 0.15) is 5.65 Å². The number of fused-ring (bicyclic) bond motifs is 6. The van der Waals surface area contributed by atoms with Crippen LogP contribution < -0.4 is 10.7 Å². The summed E-state index contributed by atoms with van der Waals surface area (Å²) in [6, 6.07) is 13.6. The number of ether oxygens (including phenoxy) is 4. The molecule has 1 saturated carbocycles.